The normalized spacial score (nSPS) is 19.1. The molecule has 4 rings (SSSR count). The van der Waals surface area contributed by atoms with E-state index in [1.165, 1.54) is 0 Å². The van der Waals surface area contributed by atoms with Crippen LogP contribution in [0.1, 0.15) is 31.6 Å². The molecule has 0 radical (unpaired) electrons. The summed E-state index contributed by atoms with van der Waals surface area (Å²) in [4.78, 5) is 25.6. The van der Waals surface area contributed by atoms with Crippen LogP contribution in [-0.4, -0.2) is 47.2 Å². The summed E-state index contributed by atoms with van der Waals surface area (Å²) in [7, 11) is 1.70. The second-order valence-corrected chi connectivity index (χ2v) is 7.71. The van der Waals surface area contributed by atoms with Crippen molar-refractivity contribution in [2.24, 2.45) is 5.92 Å². The number of anilines is 1. The number of fused-ring (bicyclic) bond motifs is 1. The first kappa shape index (κ1) is 20.4. The molecule has 3 aromatic rings. The van der Waals surface area contributed by atoms with Gasteiger partial charge in [-0.05, 0) is 43.2 Å². The molecule has 0 atom stereocenters. The molecule has 1 fully saturated rings. The molecule has 0 aliphatic heterocycles. The monoisotopic (exact) mass is 409 g/mol. The molecule has 0 aromatic carbocycles. The smallest absolute Gasteiger partial charge is 0.228 e. The van der Waals surface area contributed by atoms with Crippen LogP contribution in [0.4, 0.5) is 5.82 Å². The minimum Gasteiger partial charge on any atom is -0.439 e. The van der Waals surface area contributed by atoms with Crippen LogP contribution < -0.4 is 10.6 Å². The topological polar surface area (TPSA) is 102 Å². The Morgan fingerprint density at radius 1 is 1.10 bits per heavy atom. The number of nitrogens with zero attached hydrogens (tertiary/aromatic N) is 3. The third-order valence-electron chi connectivity index (χ3n) is 5.57. The zero-order valence-electron chi connectivity index (χ0n) is 17.4. The third-order valence-corrected chi connectivity index (χ3v) is 5.57. The van der Waals surface area contributed by atoms with Gasteiger partial charge in [-0.3, -0.25) is 9.78 Å². The number of pyridine rings is 2. The largest absolute Gasteiger partial charge is 0.439 e. The Labute approximate surface area is 175 Å². The minimum absolute atomic E-state index is 0.0214. The zero-order chi connectivity index (χ0) is 20.9. The molecular formula is C22H27N5O3. The third kappa shape index (κ3) is 4.83. The fraction of sp³-hybridized carbons (Fsp3) is 0.455. The van der Waals surface area contributed by atoms with Crippen molar-refractivity contribution in [3.05, 3.63) is 36.6 Å². The lowest BCUT2D eigenvalue weighted by Crippen LogP contribution is -2.37. The first-order chi connectivity index (χ1) is 14.6. The summed E-state index contributed by atoms with van der Waals surface area (Å²) in [6.45, 7) is 3.36. The molecule has 1 aliphatic carbocycles. The number of hydrogen-bond acceptors (Lipinski definition) is 7. The van der Waals surface area contributed by atoms with Crippen LogP contribution in [0.15, 0.2) is 35.1 Å². The number of amides is 1. The summed E-state index contributed by atoms with van der Waals surface area (Å²) < 4.78 is 10.6. The molecule has 3 heterocycles. The number of ether oxygens (including phenoxy) is 1. The van der Waals surface area contributed by atoms with Crippen LogP contribution in [0.5, 0.6) is 0 Å². The Hall–Kier alpha value is -2.84. The fourth-order valence-electron chi connectivity index (χ4n) is 3.87. The van der Waals surface area contributed by atoms with Crippen LogP contribution in [-0.2, 0) is 9.53 Å². The van der Waals surface area contributed by atoms with Crippen molar-refractivity contribution in [1.82, 2.24) is 20.3 Å². The highest BCUT2D eigenvalue weighted by molar-refractivity contribution is 5.94. The molecule has 2 N–H and O–H groups in total. The predicted molar refractivity (Wildman–Crippen MR) is 114 cm³/mol. The second-order valence-electron chi connectivity index (χ2n) is 7.71. The van der Waals surface area contributed by atoms with Crippen LogP contribution in [0.2, 0.25) is 0 Å². The molecule has 8 nitrogen and oxygen atoms in total. The maximum atomic E-state index is 12.7. The molecule has 0 spiro atoms. The number of oxazole rings is 1. The van der Waals surface area contributed by atoms with Gasteiger partial charge in [0.05, 0.1) is 12.8 Å². The predicted octanol–water partition coefficient (Wildman–Crippen LogP) is 3.33. The van der Waals surface area contributed by atoms with Crippen LogP contribution in [0, 0.1) is 12.8 Å². The van der Waals surface area contributed by atoms with Crippen molar-refractivity contribution in [1.29, 1.82) is 0 Å². The van der Waals surface area contributed by atoms with E-state index in [0.29, 0.717) is 35.8 Å². The van der Waals surface area contributed by atoms with Gasteiger partial charge >= 0.3 is 0 Å². The Bertz CT molecular complexity index is 1010. The fourth-order valence-corrected chi connectivity index (χ4v) is 3.87. The van der Waals surface area contributed by atoms with E-state index >= 15 is 0 Å². The summed E-state index contributed by atoms with van der Waals surface area (Å²) in [6, 6.07) is 4.26. The van der Waals surface area contributed by atoms with Crippen molar-refractivity contribution in [2.45, 2.75) is 38.6 Å². The zero-order valence-corrected chi connectivity index (χ0v) is 17.4. The van der Waals surface area contributed by atoms with Crippen molar-refractivity contribution in [2.75, 3.05) is 25.6 Å². The van der Waals surface area contributed by atoms with E-state index in [2.05, 4.69) is 25.6 Å². The van der Waals surface area contributed by atoms with Crippen LogP contribution in [0.3, 0.4) is 0 Å². The number of nitrogens with one attached hydrogen (secondary N) is 2. The Balaban J connectivity index is 1.39. The summed E-state index contributed by atoms with van der Waals surface area (Å²) in [5, 5.41) is 8.31. The van der Waals surface area contributed by atoms with E-state index in [-0.39, 0.29) is 11.8 Å². The molecule has 1 aliphatic rings. The van der Waals surface area contributed by atoms with E-state index in [1.54, 1.807) is 32.6 Å². The maximum Gasteiger partial charge on any atom is 0.228 e. The summed E-state index contributed by atoms with van der Waals surface area (Å²) in [5.74, 6) is 1.83. The summed E-state index contributed by atoms with van der Waals surface area (Å²) >= 11 is 0. The van der Waals surface area contributed by atoms with E-state index in [1.807, 2.05) is 12.1 Å². The van der Waals surface area contributed by atoms with Crippen LogP contribution >= 0.6 is 0 Å². The highest BCUT2D eigenvalue weighted by Gasteiger charge is 2.26. The standard InChI is InChI=1S/C22H27N5O3/c1-14-24-13-20(30-14)19-9-16-10-21(26-12-17(16)11-25-19)27-22(28)15-3-5-18(6-4-15)23-7-8-29-2/h9-13,15,18,23H,3-8H2,1-2H3,(H,26,27,28)/t15-,18-. The van der Waals surface area contributed by atoms with E-state index < -0.39 is 0 Å². The van der Waals surface area contributed by atoms with Gasteiger partial charge < -0.3 is 19.8 Å². The number of carbonyl (C=O) groups is 1. The SMILES string of the molecule is COCCN[C@H]1CC[C@H](C(=O)Nc2cc3cc(-c4cnc(C)o4)ncc3cn2)CC1. The average Bonchev–Trinajstić information content (AvgIpc) is 3.20. The van der Waals surface area contributed by atoms with Gasteiger partial charge in [-0.15, -0.1) is 0 Å². The van der Waals surface area contributed by atoms with E-state index in [9.17, 15) is 4.79 Å². The van der Waals surface area contributed by atoms with Crippen molar-refractivity contribution >= 4 is 22.5 Å². The first-order valence-electron chi connectivity index (χ1n) is 10.3. The van der Waals surface area contributed by atoms with Gasteiger partial charge in [-0.2, -0.15) is 0 Å². The molecule has 30 heavy (non-hydrogen) atoms. The van der Waals surface area contributed by atoms with E-state index in [0.717, 1.165) is 43.0 Å². The number of hydrogen-bond donors (Lipinski definition) is 2. The van der Waals surface area contributed by atoms with E-state index in [4.69, 9.17) is 9.15 Å². The van der Waals surface area contributed by atoms with Crippen molar-refractivity contribution < 1.29 is 13.9 Å². The quantitative estimate of drug-likeness (QED) is 0.577. The second kappa shape index (κ2) is 9.32. The van der Waals surface area contributed by atoms with Crippen molar-refractivity contribution in [3.8, 4) is 11.5 Å². The van der Waals surface area contributed by atoms with Gasteiger partial charge in [0.2, 0.25) is 5.91 Å². The van der Waals surface area contributed by atoms with Gasteiger partial charge in [0, 0.05) is 50.3 Å². The molecular weight excluding hydrogens is 382 g/mol. The number of aromatic nitrogens is 3. The molecule has 3 aromatic heterocycles. The van der Waals surface area contributed by atoms with Gasteiger partial charge in [-0.25, -0.2) is 9.97 Å². The minimum atomic E-state index is 0.0214. The maximum absolute atomic E-state index is 12.7. The Morgan fingerprint density at radius 3 is 2.63 bits per heavy atom. The first-order valence-corrected chi connectivity index (χ1v) is 10.3. The van der Waals surface area contributed by atoms with Crippen molar-refractivity contribution in [3.63, 3.8) is 0 Å². The Kier molecular flexibility index (Phi) is 6.35. The highest BCUT2D eigenvalue weighted by Crippen LogP contribution is 2.27. The van der Waals surface area contributed by atoms with Crippen LogP contribution in [0.25, 0.3) is 22.2 Å². The number of methoxy groups -OCH3 is 1. The number of aryl methyl sites for hydroxylation is 1. The number of rotatable bonds is 7. The molecule has 0 bridgehead atoms. The van der Waals surface area contributed by atoms with Gasteiger partial charge in [0.25, 0.3) is 0 Å². The summed E-state index contributed by atoms with van der Waals surface area (Å²) in [5.41, 5.74) is 0.700. The molecule has 1 saturated carbocycles. The Morgan fingerprint density at radius 2 is 1.90 bits per heavy atom. The van der Waals surface area contributed by atoms with Gasteiger partial charge in [0.15, 0.2) is 11.7 Å². The molecule has 8 heteroatoms. The lowest BCUT2D eigenvalue weighted by atomic mass is 9.85. The average molecular weight is 409 g/mol. The lowest BCUT2D eigenvalue weighted by molar-refractivity contribution is -0.120. The molecule has 0 saturated heterocycles. The number of carbonyl (C=O) groups excluding carboxylic acids is 1. The summed E-state index contributed by atoms with van der Waals surface area (Å²) in [6.07, 6.45) is 8.89. The lowest BCUT2D eigenvalue weighted by Gasteiger charge is -2.28. The van der Waals surface area contributed by atoms with Gasteiger partial charge in [0.1, 0.15) is 11.5 Å². The molecule has 158 valence electrons. The van der Waals surface area contributed by atoms with Gasteiger partial charge in [-0.1, -0.05) is 0 Å². The highest BCUT2D eigenvalue weighted by atomic mass is 16.5. The molecule has 0 unspecified atom stereocenters. The molecule has 1 amide bonds.